The number of rotatable bonds is 2. The largest absolute Gasteiger partial charge is 0.301 e. The van der Waals surface area contributed by atoms with E-state index in [0.29, 0.717) is 12.1 Å². The van der Waals surface area contributed by atoms with Crippen molar-refractivity contribution in [2.24, 2.45) is 0 Å². The van der Waals surface area contributed by atoms with Crippen LogP contribution < -0.4 is 0 Å². The first kappa shape index (κ1) is 15.2. The molecule has 2 aliphatic heterocycles. The molecule has 0 amide bonds. The Bertz CT molecular complexity index is 277. The van der Waals surface area contributed by atoms with E-state index < -0.39 is 0 Å². The predicted octanol–water partition coefficient (Wildman–Crippen LogP) is 0.994. The first-order valence-corrected chi connectivity index (χ1v) is 7.73. The molecule has 2 fully saturated rings. The van der Waals surface area contributed by atoms with Crippen LogP contribution in [0.25, 0.3) is 0 Å². The second kappa shape index (κ2) is 5.68. The molecular formula is C15H32N4. The smallest absolute Gasteiger partial charge is 0.0681 e. The molecule has 2 aliphatic rings. The molecule has 0 spiro atoms. The maximum Gasteiger partial charge on any atom is 0.0681 e. The molecule has 2 rings (SSSR count). The fourth-order valence-corrected chi connectivity index (χ4v) is 3.29. The topological polar surface area (TPSA) is 13.0 Å². The molecule has 0 radical (unpaired) electrons. The van der Waals surface area contributed by atoms with Crippen LogP contribution in [0.5, 0.6) is 0 Å². The molecule has 2 heterocycles. The molecule has 0 aromatic rings. The van der Waals surface area contributed by atoms with E-state index in [-0.39, 0.29) is 5.66 Å². The lowest BCUT2D eigenvalue weighted by Crippen LogP contribution is -2.67. The van der Waals surface area contributed by atoms with E-state index in [9.17, 15) is 0 Å². The van der Waals surface area contributed by atoms with Crippen LogP contribution in [0.15, 0.2) is 0 Å². The predicted molar refractivity (Wildman–Crippen MR) is 81.4 cm³/mol. The first-order chi connectivity index (χ1) is 8.82. The molecule has 0 unspecified atom stereocenters. The van der Waals surface area contributed by atoms with E-state index in [1.165, 1.54) is 39.3 Å². The highest BCUT2D eigenvalue weighted by molar-refractivity contribution is 4.91. The van der Waals surface area contributed by atoms with Gasteiger partial charge in [0.25, 0.3) is 0 Å². The molecule has 0 saturated carbocycles. The van der Waals surface area contributed by atoms with E-state index in [1.807, 2.05) is 0 Å². The van der Waals surface area contributed by atoms with Crippen LogP contribution in [0.4, 0.5) is 0 Å². The van der Waals surface area contributed by atoms with Crippen molar-refractivity contribution in [2.45, 2.75) is 45.4 Å². The fraction of sp³-hybridized carbons (Fsp3) is 1.00. The molecule has 0 N–H and O–H groups in total. The van der Waals surface area contributed by atoms with Crippen LogP contribution in [0.1, 0.15) is 27.7 Å². The first-order valence-electron chi connectivity index (χ1n) is 7.73. The minimum atomic E-state index is 0.186. The van der Waals surface area contributed by atoms with Gasteiger partial charge in [0, 0.05) is 51.4 Å². The van der Waals surface area contributed by atoms with E-state index in [4.69, 9.17) is 0 Å². The van der Waals surface area contributed by atoms with Crippen molar-refractivity contribution in [3.8, 4) is 0 Å². The van der Waals surface area contributed by atoms with Gasteiger partial charge >= 0.3 is 0 Å². The average Bonchev–Trinajstić information content (AvgIpc) is 2.35. The fourth-order valence-electron chi connectivity index (χ4n) is 3.29. The second-order valence-corrected chi connectivity index (χ2v) is 7.05. The Labute approximate surface area is 119 Å². The Morgan fingerprint density at radius 1 is 0.737 bits per heavy atom. The number of hydrogen-bond donors (Lipinski definition) is 0. The van der Waals surface area contributed by atoms with Crippen LogP contribution >= 0.6 is 0 Å². The molecule has 0 bridgehead atoms. The maximum absolute atomic E-state index is 2.68. The third-order valence-electron chi connectivity index (χ3n) is 5.47. The Kier molecular flexibility index (Phi) is 4.56. The lowest BCUT2D eigenvalue weighted by molar-refractivity contribution is -0.0876. The van der Waals surface area contributed by atoms with Crippen molar-refractivity contribution in [1.29, 1.82) is 0 Å². The zero-order valence-corrected chi connectivity index (χ0v) is 13.7. The Morgan fingerprint density at radius 3 is 1.42 bits per heavy atom. The van der Waals surface area contributed by atoms with Gasteiger partial charge in [-0.05, 0) is 41.8 Å². The molecular weight excluding hydrogens is 236 g/mol. The van der Waals surface area contributed by atoms with Gasteiger partial charge in [-0.3, -0.25) is 9.80 Å². The Balaban J connectivity index is 2.01. The van der Waals surface area contributed by atoms with Gasteiger partial charge in [-0.2, -0.15) is 0 Å². The molecule has 4 nitrogen and oxygen atoms in total. The number of hydrogen-bond acceptors (Lipinski definition) is 4. The average molecular weight is 268 g/mol. The van der Waals surface area contributed by atoms with Crippen LogP contribution in [0.3, 0.4) is 0 Å². The lowest BCUT2D eigenvalue weighted by atomic mass is 10.0. The molecule has 4 heteroatoms. The zero-order chi connectivity index (χ0) is 14.2. The normalized spacial score (nSPS) is 33.8. The van der Waals surface area contributed by atoms with Crippen molar-refractivity contribution in [1.82, 2.24) is 19.6 Å². The molecule has 0 aliphatic carbocycles. The second-order valence-electron chi connectivity index (χ2n) is 7.05. The minimum absolute atomic E-state index is 0.186. The summed E-state index contributed by atoms with van der Waals surface area (Å²) in [6, 6.07) is 1.33. The number of nitrogens with zero attached hydrogens (tertiary/aromatic N) is 4. The SMILES string of the molecule is C[C@H]1CN(C(C)(C)N2CCN(C)[C@@H](C)C2)CCN1C. The van der Waals surface area contributed by atoms with Crippen molar-refractivity contribution in [3.63, 3.8) is 0 Å². The summed E-state index contributed by atoms with van der Waals surface area (Å²) in [7, 11) is 4.49. The molecule has 2 saturated heterocycles. The summed E-state index contributed by atoms with van der Waals surface area (Å²) in [5, 5.41) is 0. The van der Waals surface area contributed by atoms with Crippen molar-refractivity contribution >= 4 is 0 Å². The minimum Gasteiger partial charge on any atom is -0.301 e. The van der Waals surface area contributed by atoms with Gasteiger partial charge < -0.3 is 9.80 Å². The number of piperazine rings is 2. The summed E-state index contributed by atoms with van der Waals surface area (Å²) in [6.45, 7) is 16.6. The van der Waals surface area contributed by atoms with Crippen LogP contribution in [-0.2, 0) is 0 Å². The summed E-state index contributed by atoms with van der Waals surface area (Å²) in [6.07, 6.45) is 0. The third-order valence-corrected chi connectivity index (χ3v) is 5.47. The molecule has 0 aromatic heterocycles. The Morgan fingerprint density at radius 2 is 1.11 bits per heavy atom. The summed E-state index contributed by atoms with van der Waals surface area (Å²) in [5.74, 6) is 0. The number of likely N-dealkylation sites (N-methyl/N-ethyl adjacent to an activating group) is 2. The van der Waals surface area contributed by atoms with Gasteiger partial charge in [-0.1, -0.05) is 0 Å². The summed E-state index contributed by atoms with van der Waals surface area (Å²) in [4.78, 5) is 10.3. The van der Waals surface area contributed by atoms with E-state index in [1.54, 1.807) is 0 Å². The molecule has 112 valence electrons. The van der Waals surface area contributed by atoms with Gasteiger partial charge in [0.1, 0.15) is 0 Å². The molecule has 0 aromatic carbocycles. The quantitative estimate of drug-likeness (QED) is 0.740. The summed E-state index contributed by atoms with van der Waals surface area (Å²) >= 11 is 0. The van der Waals surface area contributed by atoms with Crippen molar-refractivity contribution in [3.05, 3.63) is 0 Å². The van der Waals surface area contributed by atoms with Crippen LogP contribution in [0.2, 0.25) is 0 Å². The van der Waals surface area contributed by atoms with Gasteiger partial charge in [-0.25, -0.2) is 0 Å². The van der Waals surface area contributed by atoms with E-state index in [0.717, 1.165) is 0 Å². The summed E-state index contributed by atoms with van der Waals surface area (Å²) in [5.41, 5.74) is 0.186. The van der Waals surface area contributed by atoms with Crippen LogP contribution in [-0.4, -0.2) is 90.7 Å². The zero-order valence-electron chi connectivity index (χ0n) is 13.7. The van der Waals surface area contributed by atoms with Gasteiger partial charge in [0.15, 0.2) is 0 Å². The van der Waals surface area contributed by atoms with Crippen molar-refractivity contribution in [2.75, 3.05) is 53.4 Å². The van der Waals surface area contributed by atoms with Gasteiger partial charge in [0.05, 0.1) is 5.66 Å². The van der Waals surface area contributed by atoms with Gasteiger partial charge in [-0.15, -0.1) is 0 Å². The van der Waals surface area contributed by atoms with Crippen LogP contribution in [0, 0.1) is 0 Å². The monoisotopic (exact) mass is 268 g/mol. The Hall–Kier alpha value is -0.160. The highest BCUT2D eigenvalue weighted by Crippen LogP contribution is 2.25. The van der Waals surface area contributed by atoms with E-state index in [2.05, 4.69) is 61.4 Å². The third kappa shape index (κ3) is 3.13. The van der Waals surface area contributed by atoms with Crippen molar-refractivity contribution < 1.29 is 0 Å². The summed E-state index contributed by atoms with van der Waals surface area (Å²) < 4.78 is 0. The molecule has 2 atom stereocenters. The highest BCUT2D eigenvalue weighted by atomic mass is 15.4. The van der Waals surface area contributed by atoms with Gasteiger partial charge in [0.2, 0.25) is 0 Å². The highest BCUT2D eigenvalue weighted by Gasteiger charge is 2.38. The molecule has 19 heavy (non-hydrogen) atoms. The maximum atomic E-state index is 2.68. The lowest BCUT2D eigenvalue weighted by Gasteiger charge is -2.53. The van der Waals surface area contributed by atoms with E-state index >= 15 is 0 Å². The standard InChI is InChI=1S/C15H32N4/c1-13-11-18(9-7-16(13)5)15(3,4)19-10-8-17(6)14(2)12-19/h13-14H,7-12H2,1-6H3/t13-,14-/m0/s1.